The molecule has 0 fully saturated rings. The van der Waals surface area contributed by atoms with Crippen LogP contribution in [0.5, 0.6) is 0 Å². The maximum Gasteiger partial charge on any atom is -0.0160 e. The molecule has 0 heterocycles. The molecule has 0 radical (unpaired) electrons. The van der Waals surface area contributed by atoms with Gasteiger partial charge in [0.15, 0.2) is 0 Å². The first kappa shape index (κ1) is 27.1. The predicted octanol–water partition coefficient (Wildman–Crippen LogP) is 9.04. The summed E-state index contributed by atoms with van der Waals surface area (Å²) < 4.78 is 0. The summed E-state index contributed by atoms with van der Waals surface area (Å²) >= 11 is 0. The van der Waals surface area contributed by atoms with Crippen LogP contribution in [0.25, 0.3) is 0 Å². The number of rotatable bonds is 16. The van der Waals surface area contributed by atoms with Gasteiger partial charge in [0.25, 0.3) is 0 Å². The fraction of sp³-hybridized carbons (Fsp3) is 0.613. The van der Waals surface area contributed by atoms with Crippen LogP contribution in [-0.2, 0) is 19.3 Å². The fourth-order valence-electron chi connectivity index (χ4n) is 4.81. The molecule has 0 aromatic heterocycles. The topological polar surface area (TPSA) is 0 Å². The fourth-order valence-corrected chi connectivity index (χ4v) is 7.69. The number of unbranched alkanes of at least 4 members (excludes halogenated alkanes) is 6. The highest BCUT2D eigenvalue weighted by atomic mass is 31.1. The Labute approximate surface area is 201 Å². The van der Waals surface area contributed by atoms with Crippen molar-refractivity contribution < 1.29 is 0 Å². The Morgan fingerprint density at radius 2 is 1.19 bits per heavy atom. The Morgan fingerprint density at radius 1 is 0.562 bits per heavy atom. The van der Waals surface area contributed by atoms with Gasteiger partial charge in [-0.3, -0.25) is 0 Å². The van der Waals surface area contributed by atoms with Gasteiger partial charge in [0.1, 0.15) is 0 Å². The lowest BCUT2D eigenvalue weighted by Crippen LogP contribution is -2.22. The first-order valence-corrected chi connectivity index (χ1v) is 15.2. The highest BCUT2D eigenvalue weighted by molar-refractivity contribution is 7.73. The number of hydrogen-bond donors (Lipinski definition) is 0. The van der Waals surface area contributed by atoms with Crippen molar-refractivity contribution in [3.63, 3.8) is 0 Å². The zero-order chi connectivity index (χ0) is 23.2. The molecule has 0 amide bonds. The molecule has 0 bridgehead atoms. The third-order valence-corrected chi connectivity index (χ3v) is 9.64. The summed E-state index contributed by atoms with van der Waals surface area (Å²) in [6, 6.07) is 14.3. The van der Waals surface area contributed by atoms with E-state index in [0.717, 1.165) is 0 Å². The molecule has 0 nitrogen and oxygen atoms in total. The molecule has 2 aromatic rings. The van der Waals surface area contributed by atoms with Crippen LogP contribution in [0.1, 0.15) is 114 Å². The Balaban J connectivity index is 2.56. The van der Waals surface area contributed by atoms with E-state index in [2.05, 4.69) is 71.0 Å². The van der Waals surface area contributed by atoms with Gasteiger partial charge in [-0.1, -0.05) is 103 Å². The Morgan fingerprint density at radius 3 is 1.84 bits per heavy atom. The lowest BCUT2D eigenvalue weighted by molar-refractivity contribution is 0.705. The van der Waals surface area contributed by atoms with Gasteiger partial charge in [0, 0.05) is 0 Å². The summed E-state index contributed by atoms with van der Waals surface area (Å²) in [5.41, 5.74) is 6.63. The van der Waals surface area contributed by atoms with Crippen LogP contribution in [-0.4, -0.2) is 6.16 Å². The first-order chi connectivity index (χ1) is 15.7. The van der Waals surface area contributed by atoms with E-state index < -0.39 is 0 Å². The van der Waals surface area contributed by atoms with Crippen molar-refractivity contribution in [2.75, 3.05) is 6.16 Å². The van der Waals surface area contributed by atoms with E-state index >= 15 is 0 Å². The van der Waals surface area contributed by atoms with Crippen LogP contribution >= 0.6 is 7.92 Å². The molecule has 2 rings (SSSR count). The molecular formula is C31H49P. The molecule has 0 spiro atoms. The molecule has 1 atom stereocenters. The van der Waals surface area contributed by atoms with E-state index in [4.69, 9.17) is 0 Å². The predicted molar refractivity (Wildman–Crippen MR) is 149 cm³/mol. The highest BCUT2D eigenvalue weighted by Crippen LogP contribution is 2.39. The SMILES string of the molecule is CCCCCCP(c1ccccc1C)c1ccc(CCCC)c(CCCC)c1CCCC. The van der Waals surface area contributed by atoms with Crippen molar-refractivity contribution in [3.8, 4) is 0 Å². The summed E-state index contributed by atoms with van der Waals surface area (Å²) in [5.74, 6) is 0. The van der Waals surface area contributed by atoms with Gasteiger partial charge in [-0.05, 0) is 98.8 Å². The maximum absolute atomic E-state index is 2.57. The zero-order valence-corrected chi connectivity index (χ0v) is 22.7. The smallest absolute Gasteiger partial charge is 0.0160 e. The molecule has 0 aliphatic carbocycles. The van der Waals surface area contributed by atoms with Gasteiger partial charge in [-0.15, -0.1) is 0 Å². The van der Waals surface area contributed by atoms with Crippen LogP contribution in [0.2, 0.25) is 0 Å². The molecule has 0 aliphatic rings. The third-order valence-electron chi connectivity index (χ3n) is 6.80. The minimum absolute atomic E-state index is 0.282. The monoisotopic (exact) mass is 452 g/mol. The summed E-state index contributed by atoms with van der Waals surface area (Å²) in [6.07, 6.45) is 18.4. The zero-order valence-electron chi connectivity index (χ0n) is 21.8. The number of benzene rings is 2. The second kappa shape index (κ2) is 15.7. The molecule has 0 aliphatic heterocycles. The minimum atomic E-state index is -0.282. The molecule has 1 unspecified atom stereocenters. The van der Waals surface area contributed by atoms with E-state index in [-0.39, 0.29) is 7.92 Å². The lowest BCUT2D eigenvalue weighted by atomic mass is 9.91. The first-order valence-electron chi connectivity index (χ1n) is 13.6. The molecule has 32 heavy (non-hydrogen) atoms. The highest BCUT2D eigenvalue weighted by Gasteiger charge is 2.22. The second-order valence-corrected chi connectivity index (χ2v) is 11.8. The van der Waals surface area contributed by atoms with E-state index in [1.54, 1.807) is 27.3 Å². The third kappa shape index (κ3) is 8.02. The molecule has 0 N–H and O–H groups in total. The van der Waals surface area contributed by atoms with Gasteiger partial charge in [-0.2, -0.15) is 0 Å². The van der Waals surface area contributed by atoms with Gasteiger partial charge >= 0.3 is 0 Å². The Hall–Kier alpha value is -1.13. The van der Waals surface area contributed by atoms with Gasteiger partial charge in [-0.25, -0.2) is 0 Å². The lowest BCUT2D eigenvalue weighted by Gasteiger charge is -2.27. The number of hydrogen-bond acceptors (Lipinski definition) is 0. The van der Waals surface area contributed by atoms with E-state index in [0.29, 0.717) is 0 Å². The van der Waals surface area contributed by atoms with Crippen LogP contribution in [0.15, 0.2) is 36.4 Å². The minimum Gasteiger partial charge on any atom is -0.0654 e. The van der Waals surface area contributed by atoms with Crippen molar-refractivity contribution >= 4 is 18.5 Å². The molecule has 1 heteroatoms. The Bertz CT molecular complexity index is 776. The van der Waals surface area contributed by atoms with Gasteiger partial charge in [0.05, 0.1) is 0 Å². The molecular weight excluding hydrogens is 403 g/mol. The van der Waals surface area contributed by atoms with Crippen molar-refractivity contribution in [2.24, 2.45) is 0 Å². The van der Waals surface area contributed by atoms with E-state index in [1.807, 2.05) is 0 Å². The van der Waals surface area contributed by atoms with Crippen LogP contribution < -0.4 is 10.6 Å². The summed E-state index contributed by atoms with van der Waals surface area (Å²) in [5, 5.41) is 3.34. The second-order valence-electron chi connectivity index (χ2n) is 9.51. The van der Waals surface area contributed by atoms with Crippen molar-refractivity contribution in [1.29, 1.82) is 0 Å². The quantitative estimate of drug-likeness (QED) is 0.176. The van der Waals surface area contributed by atoms with Gasteiger partial charge < -0.3 is 0 Å². The standard InChI is InChI=1S/C31H49P/c1-6-10-14-17-25-32(30-22-16-15-18-26(30)5)31-24-23-27(19-11-7-2)28(20-12-8-3)29(31)21-13-9-4/h15-16,18,22-24H,6-14,17,19-21,25H2,1-5H3. The van der Waals surface area contributed by atoms with E-state index in [9.17, 15) is 0 Å². The largest absolute Gasteiger partial charge is 0.0654 e. The maximum atomic E-state index is 2.57. The normalized spacial score (nSPS) is 12.3. The summed E-state index contributed by atoms with van der Waals surface area (Å²) in [7, 11) is -0.282. The molecule has 0 saturated carbocycles. The van der Waals surface area contributed by atoms with Crippen LogP contribution in [0, 0.1) is 6.92 Å². The summed E-state index contributed by atoms with van der Waals surface area (Å²) in [4.78, 5) is 0. The van der Waals surface area contributed by atoms with Crippen LogP contribution in [0.3, 0.4) is 0 Å². The van der Waals surface area contributed by atoms with Crippen molar-refractivity contribution in [2.45, 2.75) is 118 Å². The Kier molecular flexibility index (Phi) is 13.3. The van der Waals surface area contributed by atoms with Crippen molar-refractivity contribution in [3.05, 3.63) is 58.7 Å². The van der Waals surface area contributed by atoms with Crippen LogP contribution in [0.4, 0.5) is 0 Å². The van der Waals surface area contributed by atoms with E-state index in [1.165, 1.54) is 95.2 Å². The molecule has 178 valence electrons. The number of aryl methyl sites for hydroxylation is 2. The van der Waals surface area contributed by atoms with Crippen molar-refractivity contribution in [1.82, 2.24) is 0 Å². The molecule has 0 saturated heterocycles. The van der Waals surface area contributed by atoms with Gasteiger partial charge in [0.2, 0.25) is 0 Å². The summed E-state index contributed by atoms with van der Waals surface area (Å²) in [6.45, 7) is 11.7. The average molecular weight is 453 g/mol. The average Bonchev–Trinajstić information content (AvgIpc) is 2.81. The molecule has 2 aromatic carbocycles.